The zero-order valence-corrected chi connectivity index (χ0v) is 20.6. The summed E-state index contributed by atoms with van der Waals surface area (Å²) in [4.78, 5) is 12.9. The Morgan fingerprint density at radius 3 is 2.29 bits per heavy atom. The maximum atomic E-state index is 5.50. The molecule has 3 heterocycles. The molecule has 7 nitrogen and oxygen atoms in total. The summed E-state index contributed by atoms with van der Waals surface area (Å²) >= 11 is 0. The monoisotopic (exact) mass is 472 g/mol. The van der Waals surface area contributed by atoms with E-state index in [9.17, 15) is 0 Å². The molecule has 0 spiro atoms. The Bertz CT molecular complexity index is 1280. The number of aromatic amines is 1. The summed E-state index contributed by atoms with van der Waals surface area (Å²) in [5.74, 6) is 1.42. The molecule has 0 unspecified atom stereocenters. The number of hydrogen-bond donors (Lipinski definition) is 1. The summed E-state index contributed by atoms with van der Waals surface area (Å²) < 4.78 is 16.1. The molecule has 2 aromatic heterocycles. The molecule has 2 aromatic carbocycles. The van der Waals surface area contributed by atoms with Crippen LogP contribution in [0.3, 0.4) is 0 Å². The normalized spacial score (nSPS) is 14.4. The molecule has 4 aromatic rings. The van der Waals surface area contributed by atoms with Crippen LogP contribution in [0.25, 0.3) is 33.3 Å². The van der Waals surface area contributed by atoms with Gasteiger partial charge >= 0.3 is 0 Å². The van der Waals surface area contributed by atoms with Crippen molar-refractivity contribution in [3.63, 3.8) is 0 Å². The van der Waals surface area contributed by atoms with E-state index in [1.807, 2.05) is 30.6 Å². The van der Waals surface area contributed by atoms with Crippen molar-refractivity contribution in [3.05, 3.63) is 60.9 Å². The second kappa shape index (κ2) is 10.4. The van der Waals surface area contributed by atoms with E-state index in [-0.39, 0.29) is 0 Å². The van der Waals surface area contributed by atoms with Gasteiger partial charge in [0.2, 0.25) is 0 Å². The first-order chi connectivity index (χ1) is 17.2. The summed E-state index contributed by atoms with van der Waals surface area (Å²) in [5.41, 5.74) is 6.51. The number of fused-ring (bicyclic) bond motifs is 1. The van der Waals surface area contributed by atoms with Crippen LogP contribution in [0.1, 0.15) is 0 Å². The maximum absolute atomic E-state index is 5.50. The molecule has 1 N–H and O–H groups in total. The van der Waals surface area contributed by atoms with Crippen molar-refractivity contribution in [2.45, 2.75) is 0 Å². The van der Waals surface area contributed by atoms with Gasteiger partial charge in [-0.05, 0) is 41.5 Å². The van der Waals surface area contributed by atoms with E-state index >= 15 is 0 Å². The molecule has 1 fully saturated rings. The average molecular weight is 473 g/mol. The van der Waals surface area contributed by atoms with Gasteiger partial charge in [-0.1, -0.05) is 18.2 Å². The Hall–Kier alpha value is -3.55. The first kappa shape index (κ1) is 23.2. The lowest BCUT2D eigenvalue weighted by Gasteiger charge is -2.36. The molecular weight excluding hydrogens is 440 g/mol. The third-order valence-electron chi connectivity index (χ3n) is 6.78. The van der Waals surface area contributed by atoms with E-state index in [2.05, 4.69) is 50.1 Å². The van der Waals surface area contributed by atoms with Crippen LogP contribution in [-0.4, -0.2) is 75.5 Å². The van der Waals surface area contributed by atoms with E-state index in [1.165, 1.54) is 5.69 Å². The second-order valence-electron chi connectivity index (χ2n) is 8.76. The zero-order chi connectivity index (χ0) is 24.2. The Labute approximate surface area is 206 Å². The number of aromatic nitrogens is 2. The molecule has 0 aliphatic carbocycles. The Morgan fingerprint density at radius 1 is 0.829 bits per heavy atom. The van der Waals surface area contributed by atoms with Crippen LogP contribution in [0.5, 0.6) is 11.5 Å². The number of rotatable bonds is 8. The molecule has 182 valence electrons. The molecule has 0 atom stereocenters. The summed E-state index contributed by atoms with van der Waals surface area (Å²) in [5, 5.41) is 1.07. The van der Waals surface area contributed by atoms with Crippen molar-refractivity contribution in [2.75, 3.05) is 65.6 Å². The summed E-state index contributed by atoms with van der Waals surface area (Å²) in [6.45, 7) is 6.00. The predicted octanol–water partition coefficient (Wildman–Crippen LogP) is 4.68. The van der Waals surface area contributed by atoms with E-state index in [4.69, 9.17) is 14.2 Å². The highest BCUT2D eigenvalue weighted by molar-refractivity contribution is 5.96. The third kappa shape index (κ3) is 4.83. The van der Waals surface area contributed by atoms with Gasteiger partial charge in [0.25, 0.3) is 0 Å². The smallest absolute Gasteiger partial charge is 0.161 e. The Morgan fingerprint density at radius 2 is 1.57 bits per heavy atom. The summed E-state index contributed by atoms with van der Waals surface area (Å²) in [6.07, 6.45) is 3.93. The van der Waals surface area contributed by atoms with Crippen molar-refractivity contribution in [1.82, 2.24) is 14.9 Å². The minimum absolute atomic E-state index is 0.707. The fourth-order valence-electron chi connectivity index (χ4n) is 4.72. The number of hydrogen-bond acceptors (Lipinski definition) is 6. The Kier molecular flexibility index (Phi) is 6.88. The quantitative estimate of drug-likeness (QED) is 0.402. The molecule has 35 heavy (non-hydrogen) atoms. The van der Waals surface area contributed by atoms with Crippen molar-refractivity contribution >= 4 is 16.7 Å². The van der Waals surface area contributed by atoms with Crippen LogP contribution in [0.4, 0.5) is 5.69 Å². The molecule has 1 aliphatic heterocycles. The van der Waals surface area contributed by atoms with Crippen LogP contribution in [0.2, 0.25) is 0 Å². The van der Waals surface area contributed by atoms with E-state index in [0.29, 0.717) is 11.5 Å². The van der Waals surface area contributed by atoms with Gasteiger partial charge in [0, 0.05) is 74.4 Å². The highest BCUT2D eigenvalue weighted by Gasteiger charge is 2.17. The van der Waals surface area contributed by atoms with Gasteiger partial charge in [-0.3, -0.25) is 4.90 Å². The minimum Gasteiger partial charge on any atom is -0.493 e. The van der Waals surface area contributed by atoms with Gasteiger partial charge in [-0.25, -0.2) is 4.98 Å². The molecule has 0 saturated carbocycles. The summed E-state index contributed by atoms with van der Waals surface area (Å²) in [6, 6.07) is 17.0. The molecule has 0 amide bonds. The number of anilines is 1. The van der Waals surface area contributed by atoms with Gasteiger partial charge in [0.05, 0.1) is 20.8 Å². The maximum Gasteiger partial charge on any atom is 0.161 e. The SMILES string of the molecule is COCCN1CCN(c2ccc(-c3cnc4[nH]cc(-c5ccc(OC)c(OC)c5)c4c3)cc2)CC1. The van der Waals surface area contributed by atoms with Crippen LogP contribution in [0.15, 0.2) is 60.9 Å². The molecule has 0 radical (unpaired) electrons. The molecule has 1 saturated heterocycles. The molecule has 0 bridgehead atoms. The highest BCUT2D eigenvalue weighted by atomic mass is 16.5. The lowest BCUT2D eigenvalue weighted by atomic mass is 10.0. The molecule has 7 heteroatoms. The number of H-pyrrole nitrogens is 1. The number of benzene rings is 2. The number of nitrogens with zero attached hydrogens (tertiary/aromatic N) is 3. The second-order valence-corrected chi connectivity index (χ2v) is 8.76. The topological polar surface area (TPSA) is 62.9 Å². The van der Waals surface area contributed by atoms with Crippen LogP contribution < -0.4 is 14.4 Å². The summed E-state index contributed by atoms with van der Waals surface area (Å²) in [7, 11) is 5.06. The van der Waals surface area contributed by atoms with Crippen molar-refractivity contribution in [1.29, 1.82) is 0 Å². The van der Waals surface area contributed by atoms with Crippen molar-refractivity contribution in [3.8, 4) is 33.8 Å². The number of methoxy groups -OCH3 is 3. The van der Waals surface area contributed by atoms with Crippen molar-refractivity contribution in [2.24, 2.45) is 0 Å². The van der Waals surface area contributed by atoms with Crippen LogP contribution in [0, 0.1) is 0 Å². The van der Waals surface area contributed by atoms with Gasteiger partial charge in [-0.15, -0.1) is 0 Å². The predicted molar refractivity (Wildman–Crippen MR) is 141 cm³/mol. The number of nitrogens with one attached hydrogen (secondary N) is 1. The minimum atomic E-state index is 0.707. The average Bonchev–Trinajstić information content (AvgIpc) is 3.35. The van der Waals surface area contributed by atoms with Gasteiger partial charge in [0.15, 0.2) is 11.5 Å². The van der Waals surface area contributed by atoms with E-state index in [1.54, 1.807) is 21.3 Å². The lowest BCUT2D eigenvalue weighted by Crippen LogP contribution is -2.47. The Balaban J connectivity index is 1.36. The van der Waals surface area contributed by atoms with Gasteiger partial charge in [0.1, 0.15) is 5.65 Å². The standard InChI is InChI=1S/C28H32N4O3/c1-33-15-14-31-10-12-32(13-11-31)23-7-4-20(5-8-23)22-16-24-25(19-30-28(24)29-18-22)21-6-9-26(34-2)27(17-21)35-3/h4-9,16-19H,10-15H2,1-3H3,(H,29,30). The number of pyridine rings is 1. The molecule has 1 aliphatic rings. The number of ether oxygens (including phenoxy) is 3. The van der Waals surface area contributed by atoms with Crippen molar-refractivity contribution < 1.29 is 14.2 Å². The fraction of sp³-hybridized carbons (Fsp3) is 0.321. The van der Waals surface area contributed by atoms with Crippen LogP contribution in [-0.2, 0) is 4.74 Å². The van der Waals surface area contributed by atoms with E-state index in [0.717, 1.165) is 72.6 Å². The zero-order valence-electron chi connectivity index (χ0n) is 20.6. The molecule has 5 rings (SSSR count). The number of piperazine rings is 1. The third-order valence-corrected chi connectivity index (χ3v) is 6.78. The molecular formula is C28H32N4O3. The van der Waals surface area contributed by atoms with Gasteiger partial charge < -0.3 is 24.1 Å². The van der Waals surface area contributed by atoms with Gasteiger partial charge in [-0.2, -0.15) is 0 Å². The highest BCUT2D eigenvalue weighted by Crippen LogP contribution is 2.36. The fourth-order valence-corrected chi connectivity index (χ4v) is 4.72. The lowest BCUT2D eigenvalue weighted by molar-refractivity contribution is 0.144. The first-order valence-electron chi connectivity index (χ1n) is 12.0. The van der Waals surface area contributed by atoms with Crippen LogP contribution >= 0.6 is 0 Å². The first-order valence-corrected chi connectivity index (χ1v) is 12.0. The largest absolute Gasteiger partial charge is 0.493 e. The van der Waals surface area contributed by atoms with E-state index < -0.39 is 0 Å².